The van der Waals surface area contributed by atoms with Crippen LogP contribution in [0.15, 0.2) is 45.6 Å². The maximum atomic E-state index is 13.1. The summed E-state index contributed by atoms with van der Waals surface area (Å²) in [5.74, 6) is 0.0118. The summed E-state index contributed by atoms with van der Waals surface area (Å²) in [6, 6.07) is 10.8. The standard InChI is InChI=1S/C24H25ClN2O3/c1-15-6-8-19-17(12-22(28)30-23(19)16(15)2)14-26-21-13-18(25)7-9-20(21)24(29)27-10-4-3-5-11-27/h6-9,12-13,26H,3-5,10-11,14H2,1-2H3. The van der Waals surface area contributed by atoms with Crippen LogP contribution in [0.3, 0.4) is 0 Å². The van der Waals surface area contributed by atoms with Crippen LogP contribution in [0.25, 0.3) is 11.0 Å². The Hall–Kier alpha value is -2.79. The Labute approximate surface area is 180 Å². The summed E-state index contributed by atoms with van der Waals surface area (Å²) in [4.78, 5) is 27.1. The highest BCUT2D eigenvalue weighted by molar-refractivity contribution is 6.31. The molecule has 1 N–H and O–H groups in total. The fourth-order valence-corrected chi connectivity index (χ4v) is 4.15. The van der Waals surface area contributed by atoms with E-state index in [0.717, 1.165) is 54.4 Å². The molecule has 0 unspecified atom stereocenters. The molecule has 4 rings (SSSR count). The molecule has 0 bridgehead atoms. The Morgan fingerprint density at radius 1 is 1.10 bits per heavy atom. The molecule has 30 heavy (non-hydrogen) atoms. The molecule has 1 saturated heterocycles. The van der Waals surface area contributed by atoms with Gasteiger partial charge in [0, 0.05) is 41.8 Å². The fraction of sp³-hybridized carbons (Fsp3) is 0.333. The molecule has 1 aliphatic rings. The van der Waals surface area contributed by atoms with Crippen molar-refractivity contribution in [1.82, 2.24) is 4.90 Å². The first-order valence-electron chi connectivity index (χ1n) is 10.3. The van der Waals surface area contributed by atoms with Crippen molar-refractivity contribution in [3.63, 3.8) is 0 Å². The maximum absolute atomic E-state index is 13.1. The van der Waals surface area contributed by atoms with E-state index in [1.54, 1.807) is 18.2 Å². The third kappa shape index (κ3) is 4.08. The van der Waals surface area contributed by atoms with Crippen LogP contribution in [0.4, 0.5) is 5.69 Å². The van der Waals surface area contributed by atoms with Crippen molar-refractivity contribution in [2.75, 3.05) is 18.4 Å². The molecular formula is C24H25ClN2O3. The van der Waals surface area contributed by atoms with Crippen molar-refractivity contribution < 1.29 is 9.21 Å². The molecule has 0 spiro atoms. The second-order valence-electron chi connectivity index (χ2n) is 7.87. The maximum Gasteiger partial charge on any atom is 0.336 e. The summed E-state index contributed by atoms with van der Waals surface area (Å²) >= 11 is 6.22. The molecule has 0 radical (unpaired) electrons. The predicted octanol–water partition coefficient (Wildman–Crippen LogP) is 5.30. The lowest BCUT2D eigenvalue weighted by Gasteiger charge is -2.27. The molecule has 2 aromatic carbocycles. The molecule has 1 fully saturated rings. The number of amides is 1. The van der Waals surface area contributed by atoms with Crippen molar-refractivity contribution in [1.29, 1.82) is 0 Å². The van der Waals surface area contributed by atoms with Crippen LogP contribution in [0.2, 0.25) is 5.02 Å². The summed E-state index contributed by atoms with van der Waals surface area (Å²) in [6.45, 7) is 5.88. The quantitative estimate of drug-likeness (QED) is 0.577. The minimum atomic E-state index is -0.385. The summed E-state index contributed by atoms with van der Waals surface area (Å²) in [6.07, 6.45) is 3.23. The van der Waals surface area contributed by atoms with Crippen LogP contribution in [-0.2, 0) is 6.54 Å². The van der Waals surface area contributed by atoms with E-state index in [-0.39, 0.29) is 11.5 Å². The highest BCUT2D eigenvalue weighted by Gasteiger charge is 2.21. The van der Waals surface area contributed by atoms with Gasteiger partial charge in [0.15, 0.2) is 0 Å². The van der Waals surface area contributed by atoms with Gasteiger partial charge in [0.05, 0.1) is 5.56 Å². The van der Waals surface area contributed by atoms with Crippen molar-refractivity contribution in [3.8, 4) is 0 Å². The van der Waals surface area contributed by atoms with Crippen LogP contribution in [0, 0.1) is 13.8 Å². The lowest BCUT2D eigenvalue weighted by Crippen LogP contribution is -2.36. The van der Waals surface area contributed by atoms with Crippen LogP contribution in [-0.4, -0.2) is 23.9 Å². The minimum Gasteiger partial charge on any atom is -0.422 e. The summed E-state index contributed by atoms with van der Waals surface area (Å²) in [5.41, 5.74) is 4.33. The Balaban J connectivity index is 1.66. The van der Waals surface area contributed by atoms with E-state index in [1.165, 1.54) is 6.07 Å². The number of aryl methyl sites for hydroxylation is 2. The first kappa shape index (κ1) is 20.5. The molecule has 0 aliphatic carbocycles. The van der Waals surface area contributed by atoms with Crippen LogP contribution in [0.1, 0.15) is 46.3 Å². The van der Waals surface area contributed by atoms with Gasteiger partial charge in [-0.3, -0.25) is 4.79 Å². The van der Waals surface area contributed by atoms with E-state index < -0.39 is 0 Å². The van der Waals surface area contributed by atoms with Gasteiger partial charge in [0.1, 0.15) is 5.58 Å². The number of fused-ring (bicyclic) bond motifs is 1. The zero-order valence-electron chi connectivity index (χ0n) is 17.3. The Morgan fingerprint density at radius 3 is 2.63 bits per heavy atom. The number of piperidine rings is 1. The number of hydrogen-bond acceptors (Lipinski definition) is 4. The second kappa shape index (κ2) is 8.52. The van der Waals surface area contributed by atoms with E-state index in [1.807, 2.05) is 30.9 Å². The topological polar surface area (TPSA) is 62.6 Å². The van der Waals surface area contributed by atoms with E-state index in [0.29, 0.717) is 28.4 Å². The number of nitrogens with one attached hydrogen (secondary N) is 1. The average Bonchev–Trinajstić information content (AvgIpc) is 2.75. The van der Waals surface area contributed by atoms with Gasteiger partial charge in [0.25, 0.3) is 5.91 Å². The first-order chi connectivity index (χ1) is 14.4. The molecule has 5 nitrogen and oxygen atoms in total. The third-order valence-corrected chi connectivity index (χ3v) is 6.08. The minimum absolute atomic E-state index is 0.0118. The largest absolute Gasteiger partial charge is 0.422 e. The third-order valence-electron chi connectivity index (χ3n) is 5.84. The van der Waals surface area contributed by atoms with Gasteiger partial charge in [-0.25, -0.2) is 4.79 Å². The molecular weight excluding hydrogens is 400 g/mol. The molecule has 6 heteroatoms. The number of carbonyl (C=O) groups excluding carboxylic acids is 1. The van der Waals surface area contributed by atoms with Crippen LogP contribution in [0.5, 0.6) is 0 Å². The van der Waals surface area contributed by atoms with E-state index >= 15 is 0 Å². The molecule has 2 heterocycles. The van der Waals surface area contributed by atoms with Gasteiger partial charge in [-0.05, 0) is 68.0 Å². The zero-order valence-corrected chi connectivity index (χ0v) is 18.0. The van der Waals surface area contributed by atoms with Crippen molar-refractivity contribution >= 4 is 34.2 Å². The molecule has 156 valence electrons. The number of anilines is 1. The van der Waals surface area contributed by atoms with Gasteiger partial charge < -0.3 is 14.6 Å². The van der Waals surface area contributed by atoms with Gasteiger partial charge >= 0.3 is 5.63 Å². The SMILES string of the molecule is Cc1ccc2c(CNc3cc(Cl)ccc3C(=O)N3CCCCC3)cc(=O)oc2c1C. The monoisotopic (exact) mass is 424 g/mol. The lowest BCUT2D eigenvalue weighted by molar-refractivity contribution is 0.0725. The first-order valence-corrected chi connectivity index (χ1v) is 10.7. The van der Waals surface area contributed by atoms with E-state index in [2.05, 4.69) is 5.32 Å². The number of benzene rings is 2. The molecule has 1 amide bonds. The predicted molar refractivity (Wildman–Crippen MR) is 120 cm³/mol. The van der Waals surface area contributed by atoms with Gasteiger partial charge in [-0.2, -0.15) is 0 Å². The van der Waals surface area contributed by atoms with Gasteiger partial charge in [0.2, 0.25) is 0 Å². The average molecular weight is 425 g/mol. The lowest BCUT2D eigenvalue weighted by atomic mass is 10.0. The van der Waals surface area contributed by atoms with Crippen molar-refractivity contribution in [3.05, 3.63) is 74.1 Å². The summed E-state index contributed by atoms with van der Waals surface area (Å²) in [7, 11) is 0. The smallest absolute Gasteiger partial charge is 0.336 e. The summed E-state index contributed by atoms with van der Waals surface area (Å²) in [5, 5.41) is 4.77. The Morgan fingerprint density at radius 2 is 1.87 bits per heavy atom. The normalized spacial score (nSPS) is 14.2. The fourth-order valence-electron chi connectivity index (χ4n) is 3.98. The number of carbonyl (C=O) groups is 1. The van der Waals surface area contributed by atoms with Crippen molar-refractivity contribution in [2.24, 2.45) is 0 Å². The molecule has 0 saturated carbocycles. The number of rotatable bonds is 4. The molecule has 1 aliphatic heterocycles. The van der Waals surface area contributed by atoms with Crippen LogP contribution >= 0.6 is 11.6 Å². The number of halogens is 1. The van der Waals surface area contributed by atoms with E-state index in [9.17, 15) is 9.59 Å². The molecule has 0 atom stereocenters. The number of likely N-dealkylation sites (tertiary alicyclic amines) is 1. The van der Waals surface area contributed by atoms with E-state index in [4.69, 9.17) is 16.0 Å². The van der Waals surface area contributed by atoms with Gasteiger partial charge in [-0.15, -0.1) is 0 Å². The summed E-state index contributed by atoms with van der Waals surface area (Å²) < 4.78 is 5.46. The number of hydrogen-bond donors (Lipinski definition) is 1. The van der Waals surface area contributed by atoms with Crippen molar-refractivity contribution in [2.45, 2.75) is 39.7 Å². The second-order valence-corrected chi connectivity index (χ2v) is 8.31. The highest BCUT2D eigenvalue weighted by Crippen LogP contribution is 2.27. The Bertz CT molecular complexity index is 1160. The zero-order chi connectivity index (χ0) is 21.3. The highest BCUT2D eigenvalue weighted by atomic mass is 35.5. The molecule has 3 aromatic rings. The molecule has 1 aromatic heterocycles. The van der Waals surface area contributed by atoms with Crippen LogP contribution < -0.4 is 10.9 Å². The Kier molecular flexibility index (Phi) is 5.82. The number of nitrogens with zero attached hydrogens (tertiary/aromatic N) is 1. The van der Waals surface area contributed by atoms with Gasteiger partial charge in [-0.1, -0.05) is 23.7 Å².